The van der Waals surface area contributed by atoms with E-state index in [0.717, 1.165) is 61.9 Å². The van der Waals surface area contributed by atoms with E-state index in [1.54, 1.807) is 12.1 Å². The Balaban J connectivity index is 1.41. The van der Waals surface area contributed by atoms with Gasteiger partial charge in [-0.25, -0.2) is 4.79 Å². The normalized spacial score (nSPS) is 17.2. The summed E-state index contributed by atoms with van der Waals surface area (Å²) in [6, 6.07) is 13.5. The summed E-state index contributed by atoms with van der Waals surface area (Å²) in [4.78, 5) is 19.3. The quantitative estimate of drug-likeness (QED) is 0.545. The largest absolute Gasteiger partial charge is 0.490 e. The lowest BCUT2D eigenvalue weighted by Crippen LogP contribution is -2.40. The zero-order valence-corrected chi connectivity index (χ0v) is 20.1. The topological polar surface area (TPSA) is 104 Å². The molecule has 1 atom stereocenters. The van der Waals surface area contributed by atoms with Crippen molar-refractivity contribution >= 4 is 6.03 Å². The van der Waals surface area contributed by atoms with Crippen molar-refractivity contribution < 1.29 is 14.1 Å². The molecule has 5 rings (SSSR count). The van der Waals surface area contributed by atoms with E-state index in [2.05, 4.69) is 27.6 Å². The van der Waals surface area contributed by atoms with Gasteiger partial charge in [-0.1, -0.05) is 23.4 Å². The van der Waals surface area contributed by atoms with Gasteiger partial charge in [-0.2, -0.15) is 10.2 Å². The lowest BCUT2D eigenvalue weighted by Gasteiger charge is -2.29. The number of nitriles is 1. The van der Waals surface area contributed by atoms with Crippen LogP contribution >= 0.6 is 0 Å². The Bertz CT molecular complexity index is 1270. The molecule has 8 nitrogen and oxygen atoms in total. The fourth-order valence-corrected chi connectivity index (χ4v) is 4.93. The highest BCUT2D eigenvalue weighted by atomic mass is 16.5. The van der Waals surface area contributed by atoms with Crippen molar-refractivity contribution in [1.29, 1.82) is 5.26 Å². The highest BCUT2D eigenvalue weighted by Crippen LogP contribution is 2.36. The first kappa shape index (κ1) is 22.9. The number of benzene rings is 2. The predicted octanol–water partition coefficient (Wildman–Crippen LogP) is 5.25. The van der Waals surface area contributed by atoms with E-state index < -0.39 is 0 Å². The molecule has 2 aromatic carbocycles. The minimum atomic E-state index is -0.0313. The van der Waals surface area contributed by atoms with Crippen LogP contribution in [0.25, 0.3) is 22.8 Å². The van der Waals surface area contributed by atoms with Crippen LogP contribution < -0.4 is 10.1 Å². The molecule has 3 aromatic rings. The number of hydrogen-bond acceptors (Lipinski definition) is 6. The maximum atomic E-state index is 12.7. The van der Waals surface area contributed by atoms with Gasteiger partial charge in [-0.15, -0.1) is 0 Å². The average Bonchev–Trinajstić information content (AvgIpc) is 3.57. The SMILES string of the molecule is CC(C)Oc1ccc(-c2nc(-c3cccc4c3CCC[C@@H]4NC(=O)N3CCCC3)no2)cc1C#N. The average molecular weight is 472 g/mol. The first-order valence-corrected chi connectivity index (χ1v) is 12.3. The standard InChI is InChI=1S/C27H29N5O3/c1-17(2)34-24-12-11-18(15-19(24)16-28)26-30-25(31-35-26)22-9-5-8-21-20(22)7-6-10-23(21)29-27(33)32-13-3-4-14-32/h5,8-9,11-12,15,17,23H,3-4,6-7,10,13-14H2,1-2H3,(H,29,33)/t23-/m0/s1. The van der Waals surface area contributed by atoms with Gasteiger partial charge in [-0.05, 0) is 75.3 Å². The Hall–Kier alpha value is -3.86. The van der Waals surface area contributed by atoms with E-state index in [1.165, 1.54) is 0 Å². The molecule has 2 aliphatic rings. The summed E-state index contributed by atoms with van der Waals surface area (Å²) in [5.41, 5.74) is 4.27. The molecule has 1 aliphatic heterocycles. The molecule has 1 fully saturated rings. The molecule has 1 saturated heterocycles. The molecule has 2 amide bonds. The Morgan fingerprint density at radius 3 is 2.83 bits per heavy atom. The van der Waals surface area contributed by atoms with Crippen molar-refractivity contribution in [2.45, 2.75) is 58.1 Å². The molecule has 2 heterocycles. The van der Waals surface area contributed by atoms with Gasteiger partial charge in [0.2, 0.25) is 5.82 Å². The van der Waals surface area contributed by atoms with Crippen LogP contribution in [-0.4, -0.2) is 40.3 Å². The van der Waals surface area contributed by atoms with Gasteiger partial charge in [0, 0.05) is 24.2 Å². The zero-order valence-electron chi connectivity index (χ0n) is 20.1. The van der Waals surface area contributed by atoms with Crippen LogP contribution in [-0.2, 0) is 6.42 Å². The second-order valence-electron chi connectivity index (χ2n) is 9.37. The lowest BCUT2D eigenvalue weighted by molar-refractivity contribution is 0.203. The molecule has 0 unspecified atom stereocenters. The van der Waals surface area contributed by atoms with Crippen LogP contribution in [0.1, 0.15) is 62.3 Å². The third kappa shape index (κ3) is 4.72. The maximum absolute atomic E-state index is 12.7. The number of carbonyl (C=O) groups is 1. The highest BCUT2D eigenvalue weighted by Gasteiger charge is 2.28. The summed E-state index contributed by atoms with van der Waals surface area (Å²) >= 11 is 0. The number of likely N-dealkylation sites (tertiary alicyclic amines) is 1. The van der Waals surface area contributed by atoms with E-state index in [1.807, 2.05) is 36.9 Å². The Morgan fingerprint density at radius 2 is 2.06 bits per heavy atom. The number of fused-ring (bicyclic) bond motifs is 1. The number of ether oxygens (including phenoxy) is 1. The summed E-state index contributed by atoms with van der Waals surface area (Å²) in [7, 11) is 0. The predicted molar refractivity (Wildman–Crippen MR) is 131 cm³/mol. The van der Waals surface area contributed by atoms with Crippen LogP contribution in [0.15, 0.2) is 40.9 Å². The van der Waals surface area contributed by atoms with Crippen molar-refractivity contribution in [3.05, 3.63) is 53.1 Å². The van der Waals surface area contributed by atoms with Crippen molar-refractivity contribution in [3.63, 3.8) is 0 Å². The Morgan fingerprint density at radius 1 is 1.23 bits per heavy atom. The summed E-state index contributed by atoms with van der Waals surface area (Å²) < 4.78 is 11.3. The first-order valence-electron chi connectivity index (χ1n) is 12.3. The van der Waals surface area contributed by atoms with E-state index in [4.69, 9.17) is 9.26 Å². The summed E-state index contributed by atoms with van der Waals surface area (Å²) in [6.07, 6.45) is 4.89. The number of aromatic nitrogens is 2. The van der Waals surface area contributed by atoms with Crippen LogP contribution in [0.2, 0.25) is 0 Å². The van der Waals surface area contributed by atoms with Gasteiger partial charge in [0.15, 0.2) is 0 Å². The number of hydrogen-bond donors (Lipinski definition) is 1. The Kier molecular flexibility index (Phi) is 6.41. The van der Waals surface area contributed by atoms with Gasteiger partial charge in [0.1, 0.15) is 11.8 Å². The summed E-state index contributed by atoms with van der Waals surface area (Å²) in [5.74, 6) is 1.38. The van der Waals surface area contributed by atoms with Crippen LogP contribution in [0.3, 0.4) is 0 Å². The van der Waals surface area contributed by atoms with E-state index in [0.29, 0.717) is 28.6 Å². The number of urea groups is 1. The molecule has 0 bridgehead atoms. The molecule has 0 radical (unpaired) electrons. The van der Waals surface area contributed by atoms with E-state index in [9.17, 15) is 10.1 Å². The van der Waals surface area contributed by atoms with Gasteiger partial charge in [0.05, 0.1) is 17.7 Å². The minimum absolute atomic E-state index is 0.0193. The first-order chi connectivity index (χ1) is 17.0. The fourth-order valence-electron chi connectivity index (χ4n) is 4.93. The zero-order chi connectivity index (χ0) is 24.4. The molecule has 1 aliphatic carbocycles. The molecular formula is C27H29N5O3. The van der Waals surface area contributed by atoms with Gasteiger partial charge in [0.25, 0.3) is 5.89 Å². The van der Waals surface area contributed by atoms with Crippen molar-refractivity contribution in [2.75, 3.05) is 13.1 Å². The van der Waals surface area contributed by atoms with Crippen LogP contribution in [0, 0.1) is 11.3 Å². The number of carbonyl (C=O) groups excluding carboxylic acids is 1. The van der Waals surface area contributed by atoms with E-state index >= 15 is 0 Å². The minimum Gasteiger partial charge on any atom is -0.490 e. The van der Waals surface area contributed by atoms with Gasteiger partial charge >= 0.3 is 6.03 Å². The molecule has 0 spiro atoms. The summed E-state index contributed by atoms with van der Waals surface area (Å²) in [6.45, 7) is 5.49. The van der Waals surface area contributed by atoms with Crippen LogP contribution in [0.4, 0.5) is 4.79 Å². The number of rotatable bonds is 5. The molecule has 0 saturated carbocycles. The van der Waals surface area contributed by atoms with Crippen molar-refractivity contribution in [2.24, 2.45) is 0 Å². The van der Waals surface area contributed by atoms with Crippen LogP contribution in [0.5, 0.6) is 5.75 Å². The molecule has 8 heteroatoms. The second kappa shape index (κ2) is 9.79. The number of amides is 2. The lowest BCUT2D eigenvalue weighted by atomic mass is 9.84. The molecule has 1 N–H and O–H groups in total. The number of nitrogens with zero attached hydrogens (tertiary/aromatic N) is 4. The smallest absolute Gasteiger partial charge is 0.317 e. The molecular weight excluding hydrogens is 442 g/mol. The maximum Gasteiger partial charge on any atom is 0.317 e. The fraction of sp³-hybridized carbons (Fsp3) is 0.407. The molecule has 35 heavy (non-hydrogen) atoms. The number of nitrogens with one attached hydrogen (secondary N) is 1. The summed E-state index contributed by atoms with van der Waals surface area (Å²) in [5, 5.41) is 17.0. The third-order valence-electron chi connectivity index (χ3n) is 6.57. The van der Waals surface area contributed by atoms with Crippen molar-refractivity contribution in [3.8, 4) is 34.7 Å². The molecule has 180 valence electrons. The highest BCUT2D eigenvalue weighted by molar-refractivity contribution is 5.75. The van der Waals surface area contributed by atoms with Gasteiger partial charge in [-0.3, -0.25) is 0 Å². The van der Waals surface area contributed by atoms with E-state index in [-0.39, 0.29) is 18.2 Å². The molecule has 1 aromatic heterocycles. The third-order valence-corrected chi connectivity index (χ3v) is 6.57. The Labute approximate surface area is 204 Å². The second-order valence-corrected chi connectivity index (χ2v) is 9.37. The van der Waals surface area contributed by atoms with Gasteiger partial charge < -0.3 is 19.5 Å². The monoisotopic (exact) mass is 471 g/mol. The van der Waals surface area contributed by atoms with Crippen molar-refractivity contribution in [1.82, 2.24) is 20.4 Å².